The second-order valence-electron chi connectivity index (χ2n) is 5.18. The van der Waals surface area contributed by atoms with E-state index in [1.54, 1.807) is 6.07 Å². The first kappa shape index (κ1) is 13.7. The van der Waals surface area contributed by atoms with Gasteiger partial charge in [-0.3, -0.25) is 4.90 Å². The van der Waals surface area contributed by atoms with Crippen molar-refractivity contribution in [3.05, 3.63) is 22.7 Å². The molecule has 2 rings (SSSR count). The van der Waals surface area contributed by atoms with E-state index in [1.807, 2.05) is 6.92 Å². The predicted molar refractivity (Wildman–Crippen MR) is 73.8 cm³/mol. The van der Waals surface area contributed by atoms with Gasteiger partial charge in [-0.15, -0.1) is 0 Å². The largest absolute Gasteiger partial charge is 0.305 e. The Morgan fingerprint density at radius 3 is 2.89 bits per heavy atom. The van der Waals surface area contributed by atoms with Crippen LogP contribution in [0.1, 0.15) is 24.9 Å². The molecule has 1 fully saturated rings. The molecule has 0 aliphatic carbocycles. The summed E-state index contributed by atoms with van der Waals surface area (Å²) in [5.41, 5.74) is 0.935. The normalized spacial score (nSPS) is 23.0. The highest BCUT2D eigenvalue weighted by Crippen LogP contribution is 2.13. The Labute approximate surface area is 114 Å². The van der Waals surface area contributed by atoms with Gasteiger partial charge in [-0.1, -0.05) is 11.6 Å². The molecule has 0 bridgehead atoms. The van der Waals surface area contributed by atoms with Crippen LogP contribution in [0.5, 0.6) is 0 Å². The molecule has 1 saturated heterocycles. The number of aromatic nitrogens is 2. The first-order chi connectivity index (χ1) is 8.54. The van der Waals surface area contributed by atoms with Gasteiger partial charge in [0.05, 0.1) is 6.54 Å². The summed E-state index contributed by atoms with van der Waals surface area (Å²) in [5.74, 6) is 0.830. The van der Waals surface area contributed by atoms with E-state index in [2.05, 4.69) is 33.7 Å². The lowest BCUT2D eigenvalue weighted by atomic mass is 10.2. The summed E-state index contributed by atoms with van der Waals surface area (Å²) in [6.45, 7) is 8.36. The minimum Gasteiger partial charge on any atom is -0.305 e. The van der Waals surface area contributed by atoms with Crippen LogP contribution in [0.3, 0.4) is 0 Å². The van der Waals surface area contributed by atoms with Crippen LogP contribution in [-0.4, -0.2) is 52.5 Å². The van der Waals surface area contributed by atoms with E-state index < -0.39 is 0 Å². The molecule has 1 atom stereocenters. The molecule has 0 aromatic carbocycles. The van der Waals surface area contributed by atoms with Crippen LogP contribution in [-0.2, 0) is 6.54 Å². The maximum Gasteiger partial charge on any atom is 0.144 e. The van der Waals surface area contributed by atoms with Crippen LogP contribution in [0, 0.1) is 6.92 Å². The Morgan fingerprint density at radius 1 is 1.39 bits per heavy atom. The molecular formula is C13H21ClN4. The molecule has 1 unspecified atom stereocenters. The summed E-state index contributed by atoms with van der Waals surface area (Å²) in [6, 6.07) is 2.32. The van der Waals surface area contributed by atoms with Crippen molar-refractivity contribution < 1.29 is 0 Å². The zero-order chi connectivity index (χ0) is 13.1. The topological polar surface area (TPSA) is 32.3 Å². The van der Waals surface area contributed by atoms with Gasteiger partial charge >= 0.3 is 0 Å². The highest BCUT2D eigenvalue weighted by atomic mass is 35.5. The first-order valence-electron chi connectivity index (χ1n) is 6.47. The van der Waals surface area contributed by atoms with E-state index in [-0.39, 0.29) is 0 Å². The SMILES string of the molecule is Cc1cc(Cl)nc(CN2CCCN(C)CC2C)n1. The van der Waals surface area contributed by atoms with Crippen molar-refractivity contribution in [2.24, 2.45) is 0 Å². The lowest BCUT2D eigenvalue weighted by molar-refractivity contribution is 0.190. The van der Waals surface area contributed by atoms with Gasteiger partial charge in [0.2, 0.25) is 0 Å². The van der Waals surface area contributed by atoms with E-state index in [4.69, 9.17) is 11.6 Å². The molecule has 2 heterocycles. The summed E-state index contributed by atoms with van der Waals surface area (Å²) in [7, 11) is 2.18. The van der Waals surface area contributed by atoms with Gasteiger partial charge in [-0.25, -0.2) is 9.97 Å². The Hall–Kier alpha value is -0.710. The molecule has 1 aromatic rings. The minimum atomic E-state index is 0.528. The van der Waals surface area contributed by atoms with E-state index in [1.165, 1.54) is 6.42 Å². The number of hydrogen-bond acceptors (Lipinski definition) is 4. The second kappa shape index (κ2) is 5.95. The molecule has 0 amide bonds. The second-order valence-corrected chi connectivity index (χ2v) is 5.57. The third-order valence-electron chi connectivity index (χ3n) is 3.40. The maximum absolute atomic E-state index is 5.98. The molecule has 0 N–H and O–H groups in total. The highest BCUT2D eigenvalue weighted by Gasteiger charge is 2.20. The Kier molecular flexibility index (Phi) is 4.54. The Bertz CT molecular complexity index is 390. The smallest absolute Gasteiger partial charge is 0.144 e. The summed E-state index contributed by atoms with van der Waals surface area (Å²) in [6.07, 6.45) is 1.19. The molecule has 1 aliphatic rings. The van der Waals surface area contributed by atoms with Crippen molar-refractivity contribution in [1.82, 2.24) is 19.8 Å². The number of halogens is 1. The summed E-state index contributed by atoms with van der Waals surface area (Å²) < 4.78 is 0. The van der Waals surface area contributed by atoms with Crippen molar-refractivity contribution >= 4 is 11.6 Å². The van der Waals surface area contributed by atoms with Crippen molar-refractivity contribution in [1.29, 1.82) is 0 Å². The van der Waals surface area contributed by atoms with E-state index in [0.29, 0.717) is 11.2 Å². The quantitative estimate of drug-likeness (QED) is 0.768. The molecule has 0 spiro atoms. The fraction of sp³-hybridized carbons (Fsp3) is 0.692. The average Bonchev–Trinajstić information content (AvgIpc) is 2.39. The van der Waals surface area contributed by atoms with Crippen molar-refractivity contribution in [3.63, 3.8) is 0 Å². The van der Waals surface area contributed by atoms with E-state index in [9.17, 15) is 0 Å². The van der Waals surface area contributed by atoms with Crippen LogP contribution < -0.4 is 0 Å². The molecule has 1 aromatic heterocycles. The van der Waals surface area contributed by atoms with Gasteiger partial charge in [-0.2, -0.15) is 0 Å². The zero-order valence-electron chi connectivity index (χ0n) is 11.4. The maximum atomic E-state index is 5.98. The number of likely N-dealkylation sites (N-methyl/N-ethyl adjacent to an activating group) is 1. The van der Waals surface area contributed by atoms with Crippen molar-refractivity contribution in [3.8, 4) is 0 Å². The molecule has 18 heavy (non-hydrogen) atoms. The summed E-state index contributed by atoms with van der Waals surface area (Å²) in [4.78, 5) is 13.6. The van der Waals surface area contributed by atoms with E-state index in [0.717, 1.165) is 37.7 Å². The molecule has 4 nitrogen and oxygen atoms in total. The number of aryl methyl sites for hydroxylation is 1. The summed E-state index contributed by atoms with van der Waals surface area (Å²) >= 11 is 5.98. The first-order valence-corrected chi connectivity index (χ1v) is 6.85. The molecular weight excluding hydrogens is 248 g/mol. The number of nitrogens with zero attached hydrogens (tertiary/aromatic N) is 4. The van der Waals surface area contributed by atoms with Gasteiger partial charge in [-0.05, 0) is 39.9 Å². The molecule has 100 valence electrons. The van der Waals surface area contributed by atoms with Gasteiger partial charge in [0.15, 0.2) is 0 Å². The third kappa shape index (κ3) is 3.64. The lowest BCUT2D eigenvalue weighted by Gasteiger charge is -2.27. The lowest BCUT2D eigenvalue weighted by Crippen LogP contribution is -2.37. The van der Waals surface area contributed by atoms with E-state index >= 15 is 0 Å². The molecule has 0 saturated carbocycles. The van der Waals surface area contributed by atoms with Crippen LogP contribution in [0.15, 0.2) is 6.07 Å². The standard InChI is InChI=1S/C13H21ClN4/c1-10-7-12(14)16-13(15-10)9-18-6-4-5-17(3)8-11(18)2/h7,11H,4-6,8-9H2,1-3H3. The minimum absolute atomic E-state index is 0.528. The molecule has 5 heteroatoms. The predicted octanol–water partition coefficient (Wildman–Crippen LogP) is 1.96. The van der Waals surface area contributed by atoms with Gasteiger partial charge in [0, 0.05) is 24.8 Å². The van der Waals surface area contributed by atoms with Crippen molar-refractivity contribution in [2.45, 2.75) is 32.9 Å². The van der Waals surface area contributed by atoms with Crippen LogP contribution in [0.2, 0.25) is 5.15 Å². The highest BCUT2D eigenvalue weighted by molar-refractivity contribution is 6.29. The Balaban J connectivity index is 2.07. The average molecular weight is 269 g/mol. The van der Waals surface area contributed by atoms with Crippen LogP contribution >= 0.6 is 11.6 Å². The van der Waals surface area contributed by atoms with Gasteiger partial charge in [0.25, 0.3) is 0 Å². The Morgan fingerprint density at radius 2 is 2.17 bits per heavy atom. The zero-order valence-corrected chi connectivity index (χ0v) is 12.1. The third-order valence-corrected chi connectivity index (χ3v) is 3.59. The molecule has 0 radical (unpaired) electrons. The fourth-order valence-corrected chi connectivity index (χ4v) is 2.75. The molecule has 1 aliphatic heterocycles. The number of rotatable bonds is 2. The van der Waals surface area contributed by atoms with Crippen LogP contribution in [0.4, 0.5) is 0 Å². The van der Waals surface area contributed by atoms with Gasteiger partial charge < -0.3 is 4.90 Å². The van der Waals surface area contributed by atoms with Crippen LogP contribution in [0.25, 0.3) is 0 Å². The summed E-state index contributed by atoms with van der Waals surface area (Å²) in [5, 5.41) is 0.539. The number of hydrogen-bond donors (Lipinski definition) is 0. The van der Waals surface area contributed by atoms with Crippen molar-refractivity contribution in [2.75, 3.05) is 26.7 Å². The monoisotopic (exact) mass is 268 g/mol. The van der Waals surface area contributed by atoms with Gasteiger partial charge in [0.1, 0.15) is 11.0 Å². The fourth-order valence-electron chi connectivity index (χ4n) is 2.50.